The molecule has 9 heteroatoms. The van der Waals surface area contributed by atoms with Gasteiger partial charge in [0, 0.05) is 10.2 Å². The molecule has 3 aromatic carbocycles. The van der Waals surface area contributed by atoms with Crippen LogP contribution in [0.15, 0.2) is 76.1 Å². The van der Waals surface area contributed by atoms with E-state index in [1.165, 1.54) is 11.8 Å². The van der Waals surface area contributed by atoms with E-state index in [0.29, 0.717) is 33.0 Å². The number of hydrogen-bond acceptors (Lipinski definition) is 6. The molecule has 0 aromatic heterocycles. The number of amides is 2. The molecular formula is C27H23BrN2O4S2. The number of rotatable bonds is 8. The van der Waals surface area contributed by atoms with E-state index in [4.69, 9.17) is 21.7 Å². The third kappa shape index (κ3) is 6.34. The van der Waals surface area contributed by atoms with Crippen LogP contribution in [0.25, 0.3) is 6.08 Å². The quantitative estimate of drug-likeness (QED) is 0.239. The lowest BCUT2D eigenvalue weighted by Crippen LogP contribution is -2.27. The van der Waals surface area contributed by atoms with Gasteiger partial charge in [0.1, 0.15) is 0 Å². The zero-order valence-corrected chi connectivity index (χ0v) is 22.8. The lowest BCUT2D eigenvalue weighted by atomic mass is 10.1. The minimum absolute atomic E-state index is 0.168. The van der Waals surface area contributed by atoms with E-state index in [0.717, 1.165) is 21.3 Å². The number of nitrogens with zero attached hydrogens (tertiary/aromatic N) is 1. The summed E-state index contributed by atoms with van der Waals surface area (Å²) in [5, 5.41) is 2.79. The highest BCUT2D eigenvalue weighted by molar-refractivity contribution is 9.10. The Balaban J connectivity index is 1.47. The van der Waals surface area contributed by atoms with Gasteiger partial charge in [-0.2, -0.15) is 0 Å². The molecule has 0 saturated carbocycles. The van der Waals surface area contributed by atoms with Gasteiger partial charge in [-0.05, 0) is 79.6 Å². The van der Waals surface area contributed by atoms with Gasteiger partial charge in [0.2, 0.25) is 0 Å². The second-order valence-electron chi connectivity index (χ2n) is 7.84. The molecule has 36 heavy (non-hydrogen) atoms. The lowest BCUT2D eigenvalue weighted by molar-refractivity contribution is -0.118. The summed E-state index contributed by atoms with van der Waals surface area (Å²) >= 11 is 10.1. The first-order valence-electron chi connectivity index (χ1n) is 11.1. The first-order valence-corrected chi connectivity index (χ1v) is 13.2. The van der Waals surface area contributed by atoms with Crippen molar-refractivity contribution >= 4 is 73.5 Å². The minimum atomic E-state index is -0.288. The summed E-state index contributed by atoms with van der Waals surface area (Å²) in [6.45, 7) is 4.08. The Hall–Kier alpha value is -3.14. The minimum Gasteiger partial charge on any atom is -0.490 e. The number of benzene rings is 3. The van der Waals surface area contributed by atoms with E-state index >= 15 is 0 Å². The third-order valence-electron chi connectivity index (χ3n) is 5.11. The third-order valence-corrected chi connectivity index (χ3v) is 6.94. The number of aryl methyl sites for hydroxylation is 1. The number of carbonyl (C=O) groups is 2. The van der Waals surface area contributed by atoms with E-state index in [-0.39, 0.29) is 18.4 Å². The van der Waals surface area contributed by atoms with Crippen LogP contribution in [0.4, 0.5) is 11.4 Å². The molecule has 1 fully saturated rings. The first kappa shape index (κ1) is 25.9. The number of thioether (sulfide) groups is 1. The number of carbonyl (C=O) groups excluding carboxylic acids is 2. The van der Waals surface area contributed by atoms with Gasteiger partial charge in [-0.25, -0.2) is 0 Å². The van der Waals surface area contributed by atoms with Gasteiger partial charge in [-0.15, -0.1) is 0 Å². The molecule has 0 radical (unpaired) electrons. The number of thiocarbonyl (C=S) groups is 1. The van der Waals surface area contributed by atoms with E-state index in [2.05, 4.69) is 21.2 Å². The number of halogens is 1. The summed E-state index contributed by atoms with van der Waals surface area (Å²) in [6, 6.07) is 20.3. The van der Waals surface area contributed by atoms with E-state index in [9.17, 15) is 9.59 Å². The Kier molecular flexibility index (Phi) is 8.45. The van der Waals surface area contributed by atoms with E-state index in [1.54, 1.807) is 35.2 Å². The Bertz CT molecular complexity index is 1340. The number of nitrogens with one attached hydrogen (secondary N) is 1. The highest BCUT2D eigenvalue weighted by Gasteiger charge is 2.33. The Morgan fingerprint density at radius 3 is 2.58 bits per heavy atom. The molecule has 0 unspecified atom stereocenters. The summed E-state index contributed by atoms with van der Waals surface area (Å²) in [4.78, 5) is 27.5. The molecule has 0 aliphatic carbocycles. The average molecular weight is 584 g/mol. The van der Waals surface area contributed by atoms with Crippen LogP contribution in [0, 0.1) is 6.92 Å². The standard InChI is InChI=1S/C27H23BrN2O4S2/c1-3-33-23-14-18(7-12-22(23)34-16-25(31)29-20-10-8-19(28)9-11-20)15-24-26(32)30(27(35)36-24)21-6-4-5-17(2)13-21/h4-15H,3,16H2,1-2H3,(H,29,31)/b24-15-. The van der Waals surface area contributed by atoms with Crippen LogP contribution in [0.5, 0.6) is 11.5 Å². The molecular weight excluding hydrogens is 560 g/mol. The molecule has 1 N–H and O–H groups in total. The van der Waals surface area contributed by atoms with Crippen molar-refractivity contribution in [3.05, 3.63) is 87.2 Å². The van der Waals surface area contributed by atoms with Crippen LogP contribution in [0.3, 0.4) is 0 Å². The predicted molar refractivity (Wildman–Crippen MR) is 153 cm³/mol. The first-order chi connectivity index (χ1) is 17.3. The van der Waals surface area contributed by atoms with Gasteiger partial charge in [0.25, 0.3) is 11.8 Å². The molecule has 0 bridgehead atoms. The van der Waals surface area contributed by atoms with Crippen LogP contribution in [0.2, 0.25) is 0 Å². The van der Waals surface area contributed by atoms with Gasteiger partial charge in [-0.1, -0.05) is 58.1 Å². The van der Waals surface area contributed by atoms with Crippen molar-refractivity contribution in [1.29, 1.82) is 0 Å². The van der Waals surface area contributed by atoms with Crippen LogP contribution in [-0.4, -0.2) is 29.3 Å². The summed E-state index contributed by atoms with van der Waals surface area (Å²) in [7, 11) is 0. The normalized spacial score (nSPS) is 14.3. The SMILES string of the molecule is CCOc1cc(/C=C2\SC(=S)N(c3cccc(C)c3)C2=O)ccc1OCC(=O)Nc1ccc(Br)cc1. The zero-order valence-electron chi connectivity index (χ0n) is 19.6. The van der Waals surface area contributed by atoms with E-state index in [1.807, 2.05) is 56.3 Å². The molecule has 2 amide bonds. The Labute approximate surface area is 227 Å². The zero-order chi connectivity index (χ0) is 25.7. The summed E-state index contributed by atoms with van der Waals surface area (Å²) in [6.07, 6.45) is 1.78. The number of anilines is 2. The second kappa shape index (κ2) is 11.7. The second-order valence-corrected chi connectivity index (χ2v) is 10.4. The highest BCUT2D eigenvalue weighted by Crippen LogP contribution is 2.37. The predicted octanol–water partition coefficient (Wildman–Crippen LogP) is 6.58. The van der Waals surface area contributed by atoms with Crippen LogP contribution >= 0.6 is 39.9 Å². The molecule has 184 valence electrons. The van der Waals surface area contributed by atoms with Gasteiger partial charge in [0.15, 0.2) is 22.4 Å². The van der Waals surface area contributed by atoms with Crippen molar-refractivity contribution in [3.8, 4) is 11.5 Å². The fourth-order valence-electron chi connectivity index (χ4n) is 3.48. The number of ether oxygens (including phenoxy) is 2. The maximum Gasteiger partial charge on any atom is 0.270 e. The van der Waals surface area contributed by atoms with Gasteiger partial charge in [-0.3, -0.25) is 14.5 Å². The molecule has 0 atom stereocenters. The number of hydrogen-bond donors (Lipinski definition) is 1. The van der Waals surface area contributed by atoms with Crippen molar-refractivity contribution in [2.24, 2.45) is 0 Å². The fourth-order valence-corrected chi connectivity index (χ4v) is 5.05. The van der Waals surface area contributed by atoms with E-state index < -0.39 is 0 Å². The van der Waals surface area contributed by atoms with Crippen LogP contribution in [-0.2, 0) is 9.59 Å². The monoisotopic (exact) mass is 582 g/mol. The largest absolute Gasteiger partial charge is 0.490 e. The molecule has 4 rings (SSSR count). The lowest BCUT2D eigenvalue weighted by Gasteiger charge is -2.15. The topological polar surface area (TPSA) is 67.9 Å². The Morgan fingerprint density at radius 2 is 1.86 bits per heavy atom. The molecule has 1 aliphatic heterocycles. The van der Waals surface area contributed by atoms with Crippen LogP contribution in [0.1, 0.15) is 18.1 Å². The highest BCUT2D eigenvalue weighted by atomic mass is 79.9. The molecule has 6 nitrogen and oxygen atoms in total. The van der Waals surface area contributed by atoms with Crippen molar-refractivity contribution in [3.63, 3.8) is 0 Å². The summed E-state index contributed by atoms with van der Waals surface area (Å²) < 4.78 is 12.9. The molecule has 3 aromatic rings. The summed E-state index contributed by atoms with van der Waals surface area (Å²) in [5.41, 5.74) is 3.24. The van der Waals surface area contributed by atoms with Crippen molar-refractivity contribution in [2.75, 3.05) is 23.4 Å². The van der Waals surface area contributed by atoms with Gasteiger partial charge >= 0.3 is 0 Å². The summed E-state index contributed by atoms with van der Waals surface area (Å²) in [5.74, 6) is 0.464. The molecule has 1 heterocycles. The maximum atomic E-state index is 13.1. The van der Waals surface area contributed by atoms with Crippen LogP contribution < -0.4 is 19.7 Å². The molecule has 1 saturated heterocycles. The van der Waals surface area contributed by atoms with Gasteiger partial charge < -0.3 is 14.8 Å². The van der Waals surface area contributed by atoms with Crippen molar-refractivity contribution < 1.29 is 19.1 Å². The maximum absolute atomic E-state index is 13.1. The van der Waals surface area contributed by atoms with Gasteiger partial charge in [0.05, 0.1) is 17.2 Å². The average Bonchev–Trinajstić information content (AvgIpc) is 3.12. The fraction of sp³-hybridized carbons (Fsp3) is 0.148. The Morgan fingerprint density at radius 1 is 1.08 bits per heavy atom. The van der Waals surface area contributed by atoms with Crippen molar-refractivity contribution in [2.45, 2.75) is 13.8 Å². The smallest absolute Gasteiger partial charge is 0.270 e. The molecule has 1 aliphatic rings. The molecule has 0 spiro atoms. The van der Waals surface area contributed by atoms with Crippen molar-refractivity contribution in [1.82, 2.24) is 0 Å².